The first-order valence-electron chi connectivity index (χ1n) is 9.25. The van der Waals surface area contributed by atoms with E-state index in [2.05, 4.69) is 9.97 Å². The van der Waals surface area contributed by atoms with E-state index < -0.39 is 24.7 Å². The lowest BCUT2D eigenvalue weighted by molar-refractivity contribution is -0.159. The van der Waals surface area contributed by atoms with Gasteiger partial charge in [0.05, 0.1) is 12.6 Å². The van der Waals surface area contributed by atoms with Crippen LogP contribution in [0.25, 0.3) is 0 Å². The molecule has 1 aromatic heterocycles. The van der Waals surface area contributed by atoms with Gasteiger partial charge in [-0.3, -0.25) is 9.69 Å². The molecule has 3 rings (SSSR count). The molecule has 0 aromatic carbocycles. The summed E-state index contributed by atoms with van der Waals surface area (Å²) in [6.07, 6.45) is -0.682. The standard InChI is InChI=1S/C18H25F3N4O2/c1-12-13(2)22-11-23-16(12)27-9-14-3-6-24(7-4-14)15-5-8-25(17(15)26)10-18(19,20)21/h11,14-15H,3-10H2,1-2H3. The monoisotopic (exact) mass is 386 g/mol. The smallest absolute Gasteiger partial charge is 0.406 e. The van der Waals surface area contributed by atoms with Crippen LogP contribution in [0.15, 0.2) is 6.33 Å². The van der Waals surface area contributed by atoms with Crippen LogP contribution in [-0.4, -0.2) is 70.7 Å². The Morgan fingerprint density at radius 2 is 1.85 bits per heavy atom. The summed E-state index contributed by atoms with van der Waals surface area (Å²) in [7, 11) is 0. The molecule has 2 aliphatic rings. The molecule has 6 nitrogen and oxygen atoms in total. The quantitative estimate of drug-likeness (QED) is 0.778. The molecule has 1 aromatic rings. The van der Waals surface area contributed by atoms with Gasteiger partial charge < -0.3 is 9.64 Å². The fourth-order valence-electron chi connectivity index (χ4n) is 3.72. The second-order valence-corrected chi connectivity index (χ2v) is 7.36. The summed E-state index contributed by atoms with van der Waals surface area (Å²) in [4.78, 5) is 23.5. The van der Waals surface area contributed by atoms with Crippen molar-refractivity contribution in [3.05, 3.63) is 17.6 Å². The Balaban J connectivity index is 1.46. The van der Waals surface area contributed by atoms with Crippen LogP contribution in [0.5, 0.6) is 5.88 Å². The summed E-state index contributed by atoms with van der Waals surface area (Å²) in [6, 6.07) is -0.416. The molecule has 2 aliphatic heterocycles. The molecule has 3 heterocycles. The molecule has 9 heteroatoms. The first-order valence-corrected chi connectivity index (χ1v) is 9.25. The fraction of sp³-hybridized carbons (Fsp3) is 0.722. The minimum Gasteiger partial charge on any atom is -0.477 e. The molecule has 0 N–H and O–H groups in total. The summed E-state index contributed by atoms with van der Waals surface area (Å²) in [5, 5.41) is 0. The van der Waals surface area contributed by atoms with Crippen LogP contribution in [0, 0.1) is 19.8 Å². The number of carbonyl (C=O) groups is 1. The van der Waals surface area contributed by atoms with E-state index in [9.17, 15) is 18.0 Å². The fourth-order valence-corrected chi connectivity index (χ4v) is 3.72. The van der Waals surface area contributed by atoms with E-state index >= 15 is 0 Å². The van der Waals surface area contributed by atoms with Gasteiger partial charge in [0.15, 0.2) is 0 Å². The van der Waals surface area contributed by atoms with Crippen molar-refractivity contribution < 1.29 is 22.7 Å². The average molecular weight is 386 g/mol. The molecule has 0 radical (unpaired) electrons. The molecule has 2 saturated heterocycles. The molecule has 0 saturated carbocycles. The van der Waals surface area contributed by atoms with Crippen LogP contribution in [-0.2, 0) is 4.79 Å². The molecule has 0 spiro atoms. The summed E-state index contributed by atoms with van der Waals surface area (Å²) >= 11 is 0. The van der Waals surface area contributed by atoms with Crippen molar-refractivity contribution in [1.82, 2.24) is 19.8 Å². The number of nitrogens with zero attached hydrogens (tertiary/aromatic N) is 4. The maximum absolute atomic E-state index is 12.5. The predicted octanol–water partition coefficient (Wildman–Crippen LogP) is 2.35. The third-order valence-corrected chi connectivity index (χ3v) is 5.47. The summed E-state index contributed by atoms with van der Waals surface area (Å²) < 4.78 is 43.5. The van der Waals surface area contributed by atoms with Crippen molar-refractivity contribution in [2.24, 2.45) is 5.92 Å². The normalized spacial score (nSPS) is 22.5. The molecular formula is C18H25F3N4O2. The van der Waals surface area contributed by atoms with Gasteiger partial charge in [0, 0.05) is 17.8 Å². The summed E-state index contributed by atoms with van der Waals surface area (Å²) in [6.45, 7) is 4.81. The lowest BCUT2D eigenvalue weighted by Gasteiger charge is -2.35. The van der Waals surface area contributed by atoms with Gasteiger partial charge >= 0.3 is 6.18 Å². The molecule has 1 unspecified atom stereocenters. The highest BCUT2D eigenvalue weighted by atomic mass is 19.4. The second-order valence-electron chi connectivity index (χ2n) is 7.36. The molecule has 0 aliphatic carbocycles. The van der Waals surface area contributed by atoms with Gasteiger partial charge in [0.25, 0.3) is 0 Å². The number of amides is 1. The van der Waals surface area contributed by atoms with Gasteiger partial charge in [-0.15, -0.1) is 0 Å². The molecular weight excluding hydrogens is 361 g/mol. The molecule has 150 valence electrons. The maximum atomic E-state index is 12.5. The molecule has 27 heavy (non-hydrogen) atoms. The zero-order chi connectivity index (χ0) is 19.6. The molecule has 1 amide bonds. The van der Waals surface area contributed by atoms with Gasteiger partial charge in [-0.25, -0.2) is 9.97 Å². The van der Waals surface area contributed by atoms with Gasteiger partial charge in [0.2, 0.25) is 11.8 Å². The van der Waals surface area contributed by atoms with Crippen LogP contribution in [0.2, 0.25) is 0 Å². The Hall–Kier alpha value is -1.90. The number of hydrogen-bond donors (Lipinski definition) is 0. The van der Waals surface area contributed by atoms with E-state index in [0.717, 1.165) is 29.0 Å². The number of likely N-dealkylation sites (tertiary alicyclic amines) is 2. The zero-order valence-corrected chi connectivity index (χ0v) is 15.6. The Morgan fingerprint density at radius 3 is 2.52 bits per heavy atom. The minimum atomic E-state index is -4.34. The molecule has 0 bridgehead atoms. The summed E-state index contributed by atoms with van der Waals surface area (Å²) in [5.74, 6) is 0.548. The Kier molecular flexibility index (Phi) is 5.88. The highest BCUT2D eigenvalue weighted by molar-refractivity contribution is 5.84. The second kappa shape index (κ2) is 8.00. The Labute approximate surface area is 156 Å². The molecule has 1 atom stereocenters. The van der Waals surface area contributed by atoms with E-state index in [-0.39, 0.29) is 6.54 Å². The lowest BCUT2D eigenvalue weighted by atomic mass is 9.96. The van der Waals surface area contributed by atoms with Crippen molar-refractivity contribution >= 4 is 5.91 Å². The summed E-state index contributed by atoms with van der Waals surface area (Å²) in [5.41, 5.74) is 1.81. The van der Waals surface area contributed by atoms with Crippen molar-refractivity contribution in [2.45, 2.75) is 45.3 Å². The van der Waals surface area contributed by atoms with Crippen LogP contribution in [0.3, 0.4) is 0 Å². The Bertz CT molecular complexity index is 675. The number of aryl methyl sites for hydroxylation is 1. The van der Waals surface area contributed by atoms with Gasteiger partial charge in [-0.2, -0.15) is 13.2 Å². The van der Waals surface area contributed by atoms with Crippen molar-refractivity contribution in [1.29, 1.82) is 0 Å². The van der Waals surface area contributed by atoms with Crippen molar-refractivity contribution in [3.8, 4) is 5.88 Å². The third-order valence-electron chi connectivity index (χ3n) is 5.47. The number of aromatic nitrogens is 2. The van der Waals surface area contributed by atoms with Gasteiger partial charge in [-0.05, 0) is 52.1 Å². The predicted molar refractivity (Wildman–Crippen MR) is 92.3 cm³/mol. The van der Waals surface area contributed by atoms with E-state index in [4.69, 9.17) is 4.74 Å². The van der Waals surface area contributed by atoms with E-state index in [1.54, 1.807) is 0 Å². The number of carbonyl (C=O) groups excluding carboxylic acids is 1. The Morgan fingerprint density at radius 1 is 1.15 bits per heavy atom. The first kappa shape index (κ1) is 19.9. The van der Waals surface area contributed by atoms with Gasteiger partial charge in [0.1, 0.15) is 12.9 Å². The average Bonchev–Trinajstić information content (AvgIpc) is 2.96. The van der Waals surface area contributed by atoms with Gasteiger partial charge in [-0.1, -0.05) is 0 Å². The number of hydrogen-bond acceptors (Lipinski definition) is 5. The number of piperidine rings is 1. The van der Waals surface area contributed by atoms with E-state index in [1.165, 1.54) is 6.33 Å². The minimum absolute atomic E-state index is 0.179. The highest BCUT2D eigenvalue weighted by Crippen LogP contribution is 2.27. The van der Waals surface area contributed by atoms with Crippen LogP contribution in [0.4, 0.5) is 13.2 Å². The van der Waals surface area contributed by atoms with E-state index in [1.807, 2.05) is 18.7 Å². The lowest BCUT2D eigenvalue weighted by Crippen LogP contribution is -2.47. The van der Waals surface area contributed by atoms with E-state index in [0.29, 0.717) is 37.9 Å². The van der Waals surface area contributed by atoms with Crippen LogP contribution >= 0.6 is 0 Å². The third kappa shape index (κ3) is 4.88. The largest absolute Gasteiger partial charge is 0.477 e. The highest BCUT2D eigenvalue weighted by Gasteiger charge is 2.42. The van der Waals surface area contributed by atoms with Crippen molar-refractivity contribution in [3.63, 3.8) is 0 Å². The SMILES string of the molecule is Cc1ncnc(OCC2CCN(C3CCN(CC(F)(F)F)C3=O)CC2)c1C. The molecule has 2 fully saturated rings. The number of rotatable bonds is 5. The topological polar surface area (TPSA) is 58.6 Å². The number of ether oxygens (including phenoxy) is 1. The van der Waals surface area contributed by atoms with Crippen LogP contribution < -0.4 is 4.74 Å². The van der Waals surface area contributed by atoms with Crippen molar-refractivity contribution in [2.75, 3.05) is 32.8 Å². The first-order chi connectivity index (χ1) is 12.7. The number of alkyl halides is 3. The maximum Gasteiger partial charge on any atom is 0.406 e. The number of halogens is 3. The zero-order valence-electron chi connectivity index (χ0n) is 15.6. The van der Waals surface area contributed by atoms with Crippen LogP contribution in [0.1, 0.15) is 30.5 Å².